The molecule has 0 aliphatic carbocycles. The second-order valence-electron chi connectivity index (χ2n) is 2.92. The van der Waals surface area contributed by atoms with Gasteiger partial charge in [0, 0.05) is 4.91 Å². The van der Waals surface area contributed by atoms with Crippen molar-refractivity contribution in [3.63, 3.8) is 0 Å². The number of nitrogens with zero attached hydrogens (tertiary/aromatic N) is 3. The van der Waals surface area contributed by atoms with Crippen LogP contribution in [0.4, 0.5) is 0 Å². The summed E-state index contributed by atoms with van der Waals surface area (Å²) in [6.07, 6.45) is -5.48. The van der Waals surface area contributed by atoms with Gasteiger partial charge in [-0.05, 0) is 5.53 Å². The molecule has 1 aliphatic rings. The Kier molecular flexibility index (Phi) is 3.64. The molecule has 1 saturated heterocycles. The zero-order chi connectivity index (χ0) is 10.7. The van der Waals surface area contributed by atoms with E-state index in [0.717, 1.165) is 0 Å². The second kappa shape index (κ2) is 4.56. The molecule has 1 unspecified atom stereocenters. The molecule has 8 nitrogen and oxygen atoms in total. The van der Waals surface area contributed by atoms with E-state index in [-0.39, 0.29) is 0 Å². The van der Waals surface area contributed by atoms with Gasteiger partial charge in [-0.15, -0.1) is 0 Å². The van der Waals surface area contributed by atoms with Crippen LogP contribution >= 0.6 is 0 Å². The second-order valence-corrected chi connectivity index (χ2v) is 2.92. The number of hydrogen-bond donors (Lipinski definition) is 4. The minimum absolute atomic E-state index is 0.539. The first kappa shape index (κ1) is 11.2. The van der Waals surface area contributed by atoms with Crippen LogP contribution in [0, 0.1) is 0 Å². The van der Waals surface area contributed by atoms with Crippen LogP contribution in [0.25, 0.3) is 10.4 Å². The number of hydrogen-bond acceptors (Lipinski definition) is 6. The Morgan fingerprint density at radius 1 is 1.29 bits per heavy atom. The van der Waals surface area contributed by atoms with Gasteiger partial charge in [0.15, 0.2) is 6.29 Å². The van der Waals surface area contributed by atoms with Crippen LogP contribution in [-0.2, 0) is 4.74 Å². The van der Waals surface area contributed by atoms with Crippen molar-refractivity contribution >= 4 is 0 Å². The van der Waals surface area contributed by atoms with Gasteiger partial charge in [0.2, 0.25) is 0 Å². The molecule has 0 aromatic carbocycles. The van der Waals surface area contributed by atoms with Gasteiger partial charge in [-0.3, -0.25) is 0 Å². The van der Waals surface area contributed by atoms with Crippen molar-refractivity contribution in [2.45, 2.75) is 30.6 Å². The Morgan fingerprint density at radius 2 is 1.93 bits per heavy atom. The Labute approximate surface area is 79.0 Å². The lowest BCUT2D eigenvalue weighted by atomic mass is 9.97. The highest BCUT2D eigenvalue weighted by molar-refractivity contribution is 4.93. The third kappa shape index (κ3) is 1.95. The summed E-state index contributed by atoms with van der Waals surface area (Å²) in [6.45, 7) is -0.539. The lowest BCUT2D eigenvalue weighted by Crippen LogP contribution is -2.57. The highest BCUT2D eigenvalue weighted by Gasteiger charge is 2.43. The van der Waals surface area contributed by atoms with Gasteiger partial charge in [-0.2, -0.15) is 0 Å². The molecule has 5 atom stereocenters. The molecule has 4 N–H and O–H groups in total. The summed E-state index contributed by atoms with van der Waals surface area (Å²) in [5.74, 6) is 0. The summed E-state index contributed by atoms with van der Waals surface area (Å²) in [5, 5.41) is 39.7. The van der Waals surface area contributed by atoms with E-state index in [9.17, 15) is 10.2 Å². The van der Waals surface area contributed by atoms with Crippen LogP contribution in [0.3, 0.4) is 0 Å². The first-order valence-corrected chi connectivity index (χ1v) is 3.96. The lowest BCUT2D eigenvalue weighted by Gasteiger charge is -2.37. The quantitative estimate of drug-likeness (QED) is 0.237. The molecule has 0 radical (unpaired) electrons. The van der Waals surface area contributed by atoms with Gasteiger partial charge in [0.1, 0.15) is 12.2 Å². The Bertz CT molecular complexity index is 244. The van der Waals surface area contributed by atoms with Crippen molar-refractivity contribution in [2.75, 3.05) is 6.61 Å². The maximum absolute atomic E-state index is 9.43. The minimum atomic E-state index is -1.58. The molecule has 0 saturated carbocycles. The first-order chi connectivity index (χ1) is 6.61. The zero-order valence-corrected chi connectivity index (χ0v) is 7.13. The van der Waals surface area contributed by atoms with Crippen LogP contribution in [0.1, 0.15) is 0 Å². The monoisotopic (exact) mass is 205 g/mol. The molecule has 1 aliphatic heterocycles. The fourth-order valence-corrected chi connectivity index (χ4v) is 1.28. The Morgan fingerprint density at radius 3 is 2.43 bits per heavy atom. The Balaban J connectivity index is 2.82. The molecular weight excluding hydrogens is 194 g/mol. The topological polar surface area (TPSA) is 139 Å². The molecule has 80 valence electrons. The summed E-state index contributed by atoms with van der Waals surface area (Å²) in [7, 11) is 0. The fraction of sp³-hybridized carbons (Fsp3) is 1.00. The predicted molar refractivity (Wildman–Crippen MR) is 42.9 cm³/mol. The first-order valence-electron chi connectivity index (χ1n) is 3.96. The largest absolute Gasteiger partial charge is 0.394 e. The minimum Gasteiger partial charge on any atom is -0.394 e. The summed E-state index contributed by atoms with van der Waals surface area (Å²) in [5.41, 5.74) is 8.15. The average Bonchev–Trinajstić information content (AvgIpc) is 2.18. The molecule has 0 aromatic heterocycles. The number of aliphatic hydroxyl groups is 4. The Hall–Kier alpha value is -0.890. The van der Waals surface area contributed by atoms with Gasteiger partial charge >= 0.3 is 0 Å². The van der Waals surface area contributed by atoms with Crippen LogP contribution < -0.4 is 0 Å². The molecule has 14 heavy (non-hydrogen) atoms. The maximum atomic E-state index is 9.43. The third-order valence-electron chi connectivity index (χ3n) is 2.05. The molecule has 1 rings (SSSR count). The molecule has 1 fully saturated rings. The number of ether oxygens (including phenoxy) is 1. The smallest absolute Gasteiger partial charge is 0.181 e. The van der Waals surface area contributed by atoms with Gasteiger partial charge in [0.05, 0.1) is 18.8 Å². The number of rotatable bonds is 2. The number of azide groups is 1. The summed E-state index contributed by atoms with van der Waals surface area (Å²) >= 11 is 0. The van der Waals surface area contributed by atoms with E-state index in [2.05, 4.69) is 14.8 Å². The van der Waals surface area contributed by atoms with Crippen molar-refractivity contribution in [1.82, 2.24) is 0 Å². The number of aliphatic hydroxyl groups excluding tert-OH is 4. The summed E-state index contributed by atoms with van der Waals surface area (Å²) in [6, 6.07) is -1.22. The van der Waals surface area contributed by atoms with E-state index >= 15 is 0 Å². The van der Waals surface area contributed by atoms with E-state index in [1.165, 1.54) is 0 Å². The van der Waals surface area contributed by atoms with Crippen LogP contribution in [0.5, 0.6) is 0 Å². The van der Waals surface area contributed by atoms with E-state index in [1.54, 1.807) is 0 Å². The van der Waals surface area contributed by atoms with E-state index in [1.807, 2.05) is 0 Å². The van der Waals surface area contributed by atoms with E-state index in [4.69, 9.17) is 15.7 Å². The molecule has 0 aromatic rings. The highest BCUT2D eigenvalue weighted by atomic mass is 16.6. The van der Waals surface area contributed by atoms with Crippen LogP contribution in [-0.4, -0.2) is 57.7 Å². The molecule has 0 bridgehead atoms. The molecule has 8 heteroatoms. The van der Waals surface area contributed by atoms with Crippen LogP contribution in [0.2, 0.25) is 0 Å². The normalized spacial score (nSPS) is 43.0. The molecule has 0 spiro atoms. The standard InChI is InChI=1S/C6H11N3O5/c7-9-8-3-4(11)2(1-10)14-6(13)5(3)12/h2-6,10-13H,1H2/t2-,3+,4+,5-,6?/m1/s1. The third-order valence-corrected chi connectivity index (χ3v) is 2.05. The van der Waals surface area contributed by atoms with Crippen molar-refractivity contribution in [3.05, 3.63) is 10.4 Å². The lowest BCUT2D eigenvalue weighted by molar-refractivity contribution is -0.258. The molecular formula is C6H11N3O5. The summed E-state index contributed by atoms with van der Waals surface area (Å²) < 4.78 is 4.66. The average molecular weight is 205 g/mol. The molecule has 1 heterocycles. The van der Waals surface area contributed by atoms with Crippen molar-refractivity contribution in [1.29, 1.82) is 0 Å². The molecule has 0 amide bonds. The zero-order valence-electron chi connectivity index (χ0n) is 7.13. The van der Waals surface area contributed by atoms with Gasteiger partial charge < -0.3 is 25.2 Å². The van der Waals surface area contributed by atoms with E-state index in [0.29, 0.717) is 0 Å². The van der Waals surface area contributed by atoms with Gasteiger partial charge in [0.25, 0.3) is 0 Å². The maximum Gasteiger partial charge on any atom is 0.181 e. The van der Waals surface area contributed by atoms with Crippen LogP contribution in [0.15, 0.2) is 5.11 Å². The van der Waals surface area contributed by atoms with Gasteiger partial charge in [-0.25, -0.2) is 0 Å². The highest BCUT2D eigenvalue weighted by Crippen LogP contribution is 2.22. The predicted octanol–water partition coefficient (Wildman–Crippen LogP) is -1.90. The van der Waals surface area contributed by atoms with Gasteiger partial charge in [-0.1, -0.05) is 5.11 Å². The summed E-state index contributed by atoms with van der Waals surface area (Å²) in [4.78, 5) is 2.42. The van der Waals surface area contributed by atoms with Crippen molar-refractivity contribution in [3.8, 4) is 0 Å². The van der Waals surface area contributed by atoms with Crippen molar-refractivity contribution < 1.29 is 25.2 Å². The SMILES string of the molecule is [N-]=[N+]=N[C@H]1[C@@H](O)[C@@H](CO)OC(O)[C@@H]1O. The fourth-order valence-electron chi connectivity index (χ4n) is 1.28. The van der Waals surface area contributed by atoms with E-state index < -0.39 is 37.3 Å². The van der Waals surface area contributed by atoms with Crippen molar-refractivity contribution in [2.24, 2.45) is 5.11 Å².